The summed E-state index contributed by atoms with van der Waals surface area (Å²) in [6.45, 7) is 4.76. The summed E-state index contributed by atoms with van der Waals surface area (Å²) in [5.41, 5.74) is 0. The normalized spacial score (nSPS) is 11.8. The van der Waals surface area contributed by atoms with E-state index >= 15 is 0 Å². The second-order valence-electron chi connectivity index (χ2n) is 5.69. The first-order chi connectivity index (χ1) is 11.7. The molecule has 136 valence electrons. The van der Waals surface area contributed by atoms with Gasteiger partial charge in [-0.3, -0.25) is 4.79 Å². The van der Waals surface area contributed by atoms with Crippen LogP contribution in [-0.2, 0) is 14.8 Å². The fraction of sp³-hybridized carbons (Fsp3) is 0.375. The summed E-state index contributed by atoms with van der Waals surface area (Å²) in [6, 6.07) is 7.16. The molecule has 0 aliphatic heterocycles. The van der Waals surface area contributed by atoms with E-state index in [2.05, 4.69) is 10.5 Å². The number of sulfonamides is 1. The van der Waals surface area contributed by atoms with Crippen molar-refractivity contribution < 1.29 is 22.5 Å². The number of benzene rings is 1. The first kappa shape index (κ1) is 18.9. The molecule has 2 rings (SSSR count). The fourth-order valence-electron chi connectivity index (χ4n) is 2.18. The van der Waals surface area contributed by atoms with E-state index in [1.165, 1.54) is 19.2 Å². The van der Waals surface area contributed by atoms with Crippen LogP contribution in [0.5, 0.6) is 5.75 Å². The molecule has 2 aromatic rings. The van der Waals surface area contributed by atoms with Crippen molar-refractivity contribution in [2.24, 2.45) is 0 Å². The number of methoxy groups -OCH3 is 1. The van der Waals surface area contributed by atoms with Crippen LogP contribution < -0.4 is 10.1 Å². The minimum absolute atomic E-state index is 0.0899. The van der Waals surface area contributed by atoms with E-state index in [0.717, 1.165) is 4.31 Å². The molecule has 0 saturated heterocycles. The third-order valence-electron chi connectivity index (χ3n) is 3.44. The van der Waals surface area contributed by atoms with Crippen LogP contribution in [0.1, 0.15) is 19.6 Å². The number of aryl methyl sites for hydroxylation is 1. The van der Waals surface area contributed by atoms with E-state index in [-0.39, 0.29) is 17.3 Å². The molecule has 1 heterocycles. The highest BCUT2D eigenvalue weighted by Gasteiger charge is 2.29. The van der Waals surface area contributed by atoms with Crippen LogP contribution in [0.15, 0.2) is 39.8 Å². The van der Waals surface area contributed by atoms with Crippen molar-refractivity contribution in [3.05, 3.63) is 36.1 Å². The summed E-state index contributed by atoms with van der Waals surface area (Å²) >= 11 is 0. The van der Waals surface area contributed by atoms with Crippen LogP contribution in [0, 0.1) is 6.92 Å². The zero-order chi connectivity index (χ0) is 18.6. The molecule has 9 heteroatoms. The van der Waals surface area contributed by atoms with E-state index in [0.29, 0.717) is 11.5 Å². The molecule has 0 bridgehead atoms. The highest BCUT2D eigenvalue weighted by Crippen LogP contribution is 2.21. The van der Waals surface area contributed by atoms with Crippen molar-refractivity contribution in [1.82, 2.24) is 9.46 Å². The molecule has 0 radical (unpaired) electrons. The van der Waals surface area contributed by atoms with Crippen LogP contribution in [-0.4, -0.2) is 43.5 Å². The average Bonchev–Trinajstić information content (AvgIpc) is 2.97. The molecule has 0 fully saturated rings. The molecular formula is C16H21N3O5S. The monoisotopic (exact) mass is 367 g/mol. The van der Waals surface area contributed by atoms with Crippen LogP contribution in [0.3, 0.4) is 0 Å². The number of carbonyl (C=O) groups excluding carboxylic acids is 1. The van der Waals surface area contributed by atoms with Crippen molar-refractivity contribution >= 4 is 21.7 Å². The van der Waals surface area contributed by atoms with Gasteiger partial charge in [0.05, 0.1) is 18.6 Å². The van der Waals surface area contributed by atoms with Gasteiger partial charge in [0.15, 0.2) is 5.82 Å². The SMILES string of the molecule is COc1ccc(S(=O)(=O)N(CC(=O)Nc2cc(C)on2)C(C)C)cc1. The van der Waals surface area contributed by atoms with E-state index in [1.54, 1.807) is 39.0 Å². The molecule has 1 N–H and O–H groups in total. The maximum atomic E-state index is 12.8. The predicted molar refractivity (Wildman–Crippen MR) is 91.9 cm³/mol. The van der Waals surface area contributed by atoms with Gasteiger partial charge >= 0.3 is 0 Å². The summed E-state index contributed by atoms with van der Waals surface area (Å²) in [5.74, 6) is 0.836. The number of nitrogens with one attached hydrogen (secondary N) is 1. The second-order valence-corrected chi connectivity index (χ2v) is 7.58. The number of rotatable bonds is 7. The maximum absolute atomic E-state index is 12.8. The van der Waals surface area contributed by atoms with Gasteiger partial charge in [-0.1, -0.05) is 5.16 Å². The fourth-order valence-corrected chi connectivity index (χ4v) is 3.77. The molecular weight excluding hydrogens is 346 g/mol. The smallest absolute Gasteiger partial charge is 0.243 e. The van der Waals surface area contributed by atoms with Crippen LogP contribution in [0.25, 0.3) is 0 Å². The van der Waals surface area contributed by atoms with E-state index in [9.17, 15) is 13.2 Å². The van der Waals surface area contributed by atoms with Crippen molar-refractivity contribution in [2.75, 3.05) is 19.0 Å². The van der Waals surface area contributed by atoms with Gasteiger partial charge in [0, 0.05) is 12.1 Å². The lowest BCUT2D eigenvalue weighted by atomic mass is 10.3. The third kappa shape index (κ3) is 4.58. The predicted octanol–water partition coefficient (Wildman–Crippen LogP) is 2.03. The Hall–Kier alpha value is -2.39. The number of amides is 1. The summed E-state index contributed by atoms with van der Waals surface area (Å²) in [6.07, 6.45) is 0. The Bertz CT molecular complexity index is 828. The first-order valence-corrected chi connectivity index (χ1v) is 9.07. The molecule has 0 atom stereocenters. The van der Waals surface area contributed by atoms with Gasteiger partial charge in [0.1, 0.15) is 11.5 Å². The van der Waals surface area contributed by atoms with Gasteiger partial charge in [-0.05, 0) is 45.0 Å². The van der Waals surface area contributed by atoms with Gasteiger partial charge in [-0.2, -0.15) is 4.31 Å². The molecule has 0 unspecified atom stereocenters. The Morgan fingerprint density at radius 1 is 1.32 bits per heavy atom. The summed E-state index contributed by atoms with van der Waals surface area (Å²) in [7, 11) is -2.33. The molecule has 1 aromatic carbocycles. The Kier molecular flexibility index (Phi) is 5.81. The Labute approximate surface area is 146 Å². The number of hydrogen-bond donors (Lipinski definition) is 1. The molecule has 1 amide bonds. The minimum Gasteiger partial charge on any atom is -0.497 e. The van der Waals surface area contributed by atoms with Crippen LogP contribution in [0.2, 0.25) is 0 Å². The zero-order valence-electron chi connectivity index (χ0n) is 14.5. The molecule has 0 aliphatic carbocycles. The lowest BCUT2D eigenvalue weighted by molar-refractivity contribution is -0.116. The van der Waals surface area contributed by atoms with Gasteiger partial charge in [0.25, 0.3) is 0 Å². The molecule has 0 aliphatic rings. The van der Waals surface area contributed by atoms with Crippen LogP contribution >= 0.6 is 0 Å². The summed E-state index contributed by atoms with van der Waals surface area (Å²) in [5, 5.41) is 6.18. The number of carbonyl (C=O) groups is 1. The average molecular weight is 367 g/mol. The quantitative estimate of drug-likeness (QED) is 0.803. The van der Waals surface area contributed by atoms with Crippen molar-refractivity contribution in [3.8, 4) is 5.75 Å². The Balaban J connectivity index is 2.19. The number of anilines is 1. The number of ether oxygens (including phenoxy) is 1. The van der Waals surface area contributed by atoms with Crippen molar-refractivity contribution in [2.45, 2.75) is 31.7 Å². The molecule has 0 saturated carbocycles. The van der Waals surface area contributed by atoms with E-state index < -0.39 is 22.0 Å². The minimum atomic E-state index is -3.83. The lowest BCUT2D eigenvalue weighted by Gasteiger charge is -2.25. The van der Waals surface area contributed by atoms with Crippen molar-refractivity contribution in [3.63, 3.8) is 0 Å². The molecule has 1 aromatic heterocycles. The van der Waals surface area contributed by atoms with Crippen LogP contribution in [0.4, 0.5) is 5.82 Å². The molecule has 0 spiro atoms. The van der Waals surface area contributed by atoms with Gasteiger partial charge < -0.3 is 14.6 Å². The number of aromatic nitrogens is 1. The topological polar surface area (TPSA) is 102 Å². The first-order valence-electron chi connectivity index (χ1n) is 7.63. The maximum Gasteiger partial charge on any atom is 0.243 e. The highest BCUT2D eigenvalue weighted by molar-refractivity contribution is 7.89. The Morgan fingerprint density at radius 3 is 2.44 bits per heavy atom. The Morgan fingerprint density at radius 2 is 1.96 bits per heavy atom. The lowest BCUT2D eigenvalue weighted by Crippen LogP contribution is -2.42. The van der Waals surface area contributed by atoms with Crippen molar-refractivity contribution in [1.29, 1.82) is 0 Å². The molecule has 8 nitrogen and oxygen atoms in total. The number of hydrogen-bond acceptors (Lipinski definition) is 6. The largest absolute Gasteiger partial charge is 0.497 e. The summed E-state index contributed by atoms with van der Waals surface area (Å²) in [4.78, 5) is 12.3. The third-order valence-corrected chi connectivity index (χ3v) is 5.47. The zero-order valence-corrected chi connectivity index (χ0v) is 15.3. The standard InChI is InChI=1S/C16H21N3O5S/c1-11(2)19(10-16(20)17-15-9-12(3)24-18-15)25(21,22)14-7-5-13(23-4)6-8-14/h5-9,11H,10H2,1-4H3,(H,17,18,20). The van der Waals surface area contributed by atoms with E-state index in [1.807, 2.05) is 0 Å². The second kappa shape index (κ2) is 7.66. The molecule has 25 heavy (non-hydrogen) atoms. The van der Waals surface area contributed by atoms with E-state index in [4.69, 9.17) is 9.26 Å². The van der Waals surface area contributed by atoms with Gasteiger partial charge in [-0.15, -0.1) is 0 Å². The van der Waals surface area contributed by atoms with Gasteiger partial charge in [0.2, 0.25) is 15.9 Å². The highest BCUT2D eigenvalue weighted by atomic mass is 32.2. The summed E-state index contributed by atoms with van der Waals surface area (Å²) < 4.78 is 36.7. The van der Waals surface area contributed by atoms with Gasteiger partial charge in [-0.25, -0.2) is 8.42 Å². The number of nitrogens with zero attached hydrogens (tertiary/aromatic N) is 2.